The third kappa shape index (κ3) is 6.74. The first-order valence-corrected chi connectivity index (χ1v) is 9.31. The fourth-order valence-corrected chi connectivity index (χ4v) is 2.96. The van der Waals surface area contributed by atoms with Gasteiger partial charge in [-0.15, -0.1) is 12.4 Å². The van der Waals surface area contributed by atoms with Gasteiger partial charge in [-0.25, -0.2) is 0 Å². The maximum absolute atomic E-state index is 12.4. The number of nitrogens with zero attached hydrogens (tertiary/aromatic N) is 1. The highest BCUT2D eigenvalue weighted by Gasteiger charge is 2.18. The van der Waals surface area contributed by atoms with Gasteiger partial charge < -0.3 is 25.4 Å². The Labute approximate surface area is 176 Å². The molecule has 0 bridgehead atoms. The summed E-state index contributed by atoms with van der Waals surface area (Å²) in [5.41, 5.74) is 7.53. The third-order valence-corrected chi connectivity index (χ3v) is 4.51. The number of hydrogen-bond donors (Lipinski definition) is 2. The van der Waals surface area contributed by atoms with E-state index in [2.05, 4.69) is 5.32 Å². The van der Waals surface area contributed by atoms with Gasteiger partial charge in [0, 0.05) is 25.6 Å². The molecule has 1 saturated heterocycles. The zero-order valence-corrected chi connectivity index (χ0v) is 16.9. The van der Waals surface area contributed by atoms with Crippen molar-refractivity contribution in [2.45, 2.75) is 12.5 Å². The molecule has 2 aromatic carbocycles. The van der Waals surface area contributed by atoms with E-state index in [1.54, 1.807) is 29.2 Å². The summed E-state index contributed by atoms with van der Waals surface area (Å²) in [4.78, 5) is 26.4. The molecule has 7 nitrogen and oxygen atoms in total. The van der Waals surface area contributed by atoms with Crippen molar-refractivity contribution in [2.75, 3.05) is 38.2 Å². The van der Waals surface area contributed by atoms with E-state index in [1.165, 1.54) is 0 Å². The Balaban J connectivity index is 0.00000300. The lowest BCUT2D eigenvalue weighted by atomic mass is 10.0. The van der Waals surface area contributed by atoms with Crippen LogP contribution in [0.5, 0.6) is 5.75 Å². The second kappa shape index (κ2) is 11.4. The molecule has 0 aromatic heterocycles. The van der Waals surface area contributed by atoms with Crippen LogP contribution in [-0.2, 0) is 14.3 Å². The van der Waals surface area contributed by atoms with Gasteiger partial charge in [-0.2, -0.15) is 0 Å². The molecular weight excluding hydrogens is 394 g/mol. The van der Waals surface area contributed by atoms with E-state index in [0.29, 0.717) is 37.7 Å². The van der Waals surface area contributed by atoms with Crippen molar-refractivity contribution in [3.63, 3.8) is 0 Å². The first kappa shape index (κ1) is 22.7. The number of para-hydroxylation sites is 2. The summed E-state index contributed by atoms with van der Waals surface area (Å²) in [7, 11) is 0. The molecule has 3 N–H and O–H groups in total. The highest BCUT2D eigenvalue weighted by molar-refractivity contribution is 5.92. The molecule has 2 amide bonds. The van der Waals surface area contributed by atoms with Crippen LogP contribution >= 0.6 is 12.4 Å². The molecule has 1 fully saturated rings. The van der Waals surface area contributed by atoms with E-state index in [0.717, 1.165) is 5.56 Å². The number of carbonyl (C=O) groups is 2. The fourth-order valence-electron chi connectivity index (χ4n) is 2.96. The molecule has 1 atom stereocenters. The second-order valence-corrected chi connectivity index (χ2v) is 6.55. The SMILES string of the molecule is Cl.NC(CC(=O)Nc1ccccc1OCC(=O)N1CCOCC1)c1ccccc1. The monoisotopic (exact) mass is 419 g/mol. The predicted molar refractivity (Wildman–Crippen MR) is 113 cm³/mol. The molecule has 1 heterocycles. The Hall–Kier alpha value is -2.61. The van der Waals surface area contributed by atoms with E-state index in [4.69, 9.17) is 15.2 Å². The van der Waals surface area contributed by atoms with Crippen LogP contribution in [0, 0.1) is 0 Å². The Bertz CT molecular complexity index is 798. The molecule has 156 valence electrons. The minimum absolute atomic E-state index is 0. The third-order valence-electron chi connectivity index (χ3n) is 4.51. The van der Waals surface area contributed by atoms with Crippen molar-refractivity contribution in [1.29, 1.82) is 0 Å². The van der Waals surface area contributed by atoms with Crippen molar-refractivity contribution >= 4 is 29.9 Å². The van der Waals surface area contributed by atoms with Crippen LogP contribution in [0.3, 0.4) is 0 Å². The number of benzene rings is 2. The van der Waals surface area contributed by atoms with Crippen LogP contribution in [0.1, 0.15) is 18.0 Å². The first-order chi connectivity index (χ1) is 13.6. The molecule has 3 rings (SSSR count). The van der Waals surface area contributed by atoms with Crippen molar-refractivity contribution in [3.8, 4) is 5.75 Å². The molecular formula is C21H26ClN3O4. The van der Waals surface area contributed by atoms with Gasteiger partial charge in [-0.1, -0.05) is 42.5 Å². The van der Waals surface area contributed by atoms with Crippen LogP contribution in [0.15, 0.2) is 54.6 Å². The molecule has 1 unspecified atom stereocenters. The van der Waals surface area contributed by atoms with Gasteiger partial charge >= 0.3 is 0 Å². The van der Waals surface area contributed by atoms with E-state index < -0.39 is 6.04 Å². The minimum Gasteiger partial charge on any atom is -0.482 e. The molecule has 1 aliphatic rings. The fraction of sp³-hybridized carbons (Fsp3) is 0.333. The summed E-state index contributed by atoms with van der Waals surface area (Å²) in [5.74, 6) is 0.133. The lowest BCUT2D eigenvalue weighted by molar-refractivity contribution is -0.137. The number of morpholine rings is 1. The van der Waals surface area contributed by atoms with Gasteiger partial charge in [0.1, 0.15) is 5.75 Å². The summed E-state index contributed by atoms with van der Waals surface area (Å²) >= 11 is 0. The maximum atomic E-state index is 12.4. The number of anilines is 1. The van der Waals surface area contributed by atoms with Gasteiger partial charge in [0.05, 0.1) is 18.9 Å². The summed E-state index contributed by atoms with van der Waals surface area (Å²) in [6, 6.07) is 16.1. The largest absolute Gasteiger partial charge is 0.482 e. The number of nitrogens with two attached hydrogens (primary N) is 1. The number of hydrogen-bond acceptors (Lipinski definition) is 5. The number of ether oxygens (including phenoxy) is 2. The zero-order chi connectivity index (χ0) is 19.8. The number of amides is 2. The quantitative estimate of drug-likeness (QED) is 0.718. The van der Waals surface area contributed by atoms with Gasteiger partial charge in [0.25, 0.3) is 5.91 Å². The number of nitrogens with one attached hydrogen (secondary N) is 1. The summed E-state index contributed by atoms with van der Waals surface area (Å²) in [6.45, 7) is 2.13. The van der Waals surface area contributed by atoms with Crippen molar-refractivity contribution < 1.29 is 19.1 Å². The average Bonchev–Trinajstić information content (AvgIpc) is 2.74. The number of halogens is 1. The highest BCUT2D eigenvalue weighted by Crippen LogP contribution is 2.25. The Morgan fingerprint density at radius 3 is 2.45 bits per heavy atom. The van der Waals surface area contributed by atoms with Crippen molar-refractivity contribution in [2.24, 2.45) is 5.73 Å². The molecule has 0 spiro atoms. The van der Waals surface area contributed by atoms with Crippen molar-refractivity contribution in [3.05, 3.63) is 60.2 Å². The maximum Gasteiger partial charge on any atom is 0.260 e. The van der Waals surface area contributed by atoms with Crippen LogP contribution in [-0.4, -0.2) is 49.6 Å². The molecule has 29 heavy (non-hydrogen) atoms. The molecule has 2 aromatic rings. The number of carbonyl (C=O) groups excluding carboxylic acids is 2. The molecule has 8 heteroatoms. The lowest BCUT2D eigenvalue weighted by Crippen LogP contribution is -2.43. The Morgan fingerprint density at radius 1 is 1.07 bits per heavy atom. The Morgan fingerprint density at radius 2 is 1.72 bits per heavy atom. The normalized spacial score (nSPS) is 14.4. The van der Waals surface area contributed by atoms with E-state index in [9.17, 15) is 9.59 Å². The van der Waals surface area contributed by atoms with E-state index >= 15 is 0 Å². The molecule has 1 aliphatic heterocycles. The van der Waals surface area contributed by atoms with Crippen LogP contribution in [0.2, 0.25) is 0 Å². The number of rotatable bonds is 7. The summed E-state index contributed by atoms with van der Waals surface area (Å²) in [5, 5.41) is 2.83. The summed E-state index contributed by atoms with van der Waals surface area (Å²) in [6.07, 6.45) is 0.144. The lowest BCUT2D eigenvalue weighted by Gasteiger charge is -2.26. The standard InChI is InChI=1S/C21H25N3O4.ClH/c22-17(16-6-2-1-3-7-16)14-20(25)23-18-8-4-5-9-19(18)28-15-21(26)24-10-12-27-13-11-24;/h1-9,17H,10-15,22H2,(H,23,25);1H. The van der Waals surface area contributed by atoms with E-state index in [1.807, 2.05) is 30.3 Å². The van der Waals surface area contributed by atoms with Crippen LogP contribution < -0.4 is 15.8 Å². The molecule has 0 aliphatic carbocycles. The van der Waals surface area contributed by atoms with Crippen LogP contribution in [0.4, 0.5) is 5.69 Å². The van der Waals surface area contributed by atoms with Gasteiger partial charge in [-0.05, 0) is 17.7 Å². The zero-order valence-electron chi connectivity index (χ0n) is 16.1. The van der Waals surface area contributed by atoms with Gasteiger partial charge in [-0.3, -0.25) is 9.59 Å². The van der Waals surface area contributed by atoms with E-state index in [-0.39, 0.29) is 37.2 Å². The minimum atomic E-state index is -0.392. The average molecular weight is 420 g/mol. The smallest absolute Gasteiger partial charge is 0.260 e. The molecule has 0 saturated carbocycles. The first-order valence-electron chi connectivity index (χ1n) is 9.31. The van der Waals surface area contributed by atoms with Gasteiger partial charge in [0.15, 0.2) is 6.61 Å². The summed E-state index contributed by atoms with van der Waals surface area (Å²) < 4.78 is 10.9. The second-order valence-electron chi connectivity index (χ2n) is 6.55. The topological polar surface area (TPSA) is 93.9 Å². The van der Waals surface area contributed by atoms with Crippen LogP contribution in [0.25, 0.3) is 0 Å². The predicted octanol–water partition coefficient (Wildman–Crippen LogP) is 2.37. The molecule has 0 radical (unpaired) electrons. The highest BCUT2D eigenvalue weighted by atomic mass is 35.5. The van der Waals surface area contributed by atoms with Crippen molar-refractivity contribution in [1.82, 2.24) is 4.90 Å². The Kier molecular flexibility index (Phi) is 8.92. The van der Waals surface area contributed by atoms with Gasteiger partial charge in [0.2, 0.25) is 5.91 Å².